The summed E-state index contributed by atoms with van der Waals surface area (Å²) in [7, 11) is 0. The van der Waals surface area contributed by atoms with Gasteiger partial charge in [-0.3, -0.25) is 9.48 Å². The average Bonchev–Trinajstić information content (AvgIpc) is 3.06. The van der Waals surface area contributed by atoms with Crippen molar-refractivity contribution >= 4 is 27.5 Å². The second kappa shape index (κ2) is 7.93. The Bertz CT molecular complexity index is 976. The molecule has 1 aromatic heterocycles. The van der Waals surface area contributed by atoms with E-state index in [4.69, 9.17) is 5.26 Å². The van der Waals surface area contributed by atoms with Gasteiger partial charge in [0.25, 0.3) is 5.91 Å². The minimum Gasteiger partial charge on any atom is -0.322 e. The Morgan fingerprint density at radius 1 is 1.27 bits per heavy atom. The van der Waals surface area contributed by atoms with Crippen molar-refractivity contribution in [2.45, 2.75) is 13.0 Å². The van der Waals surface area contributed by atoms with Crippen molar-refractivity contribution in [2.75, 3.05) is 5.32 Å². The third kappa shape index (κ3) is 4.16. The van der Waals surface area contributed by atoms with E-state index in [-0.39, 0.29) is 11.7 Å². The summed E-state index contributed by atoms with van der Waals surface area (Å²) in [5, 5.41) is 16.0. The monoisotopic (exact) mass is 412 g/mol. The summed E-state index contributed by atoms with van der Waals surface area (Å²) in [5.41, 5.74) is 2.16. The fourth-order valence-corrected chi connectivity index (χ4v) is 2.85. The van der Waals surface area contributed by atoms with Gasteiger partial charge in [0.1, 0.15) is 11.5 Å². The molecule has 0 aliphatic rings. The first kappa shape index (κ1) is 17.8. The maximum absolute atomic E-state index is 13.0. The molecule has 5 nitrogen and oxygen atoms in total. The number of nitrogens with zero attached hydrogens (tertiary/aromatic N) is 3. The highest BCUT2D eigenvalue weighted by atomic mass is 79.9. The SMILES string of the molecule is N#CCCn1cc(C(=O)Nc2ccc(F)cc2)c(-c2cccc(Br)c2)n1. The van der Waals surface area contributed by atoms with Crippen LogP contribution in [0.15, 0.2) is 59.2 Å². The highest BCUT2D eigenvalue weighted by molar-refractivity contribution is 9.10. The zero-order valence-corrected chi connectivity index (χ0v) is 15.2. The van der Waals surface area contributed by atoms with Crippen LogP contribution in [-0.4, -0.2) is 15.7 Å². The van der Waals surface area contributed by atoms with E-state index in [0.29, 0.717) is 29.9 Å². The number of benzene rings is 2. The summed E-state index contributed by atoms with van der Waals surface area (Å²) >= 11 is 3.42. The summed E-state index contributed by atoms with van der Waals surface area (Å²) in [6, 6.07) is 15.1. The first-order valence-corrected chi connectivity index (χ1v) is 8.63. The summed E-state index contributed by atoms with van der Waals surface area (Å²) in [6.45, 7) is 0.390. The van der Waals surface area contributed by atoms with E-state index in [1.807, 2.05) is 24.3 Å². The number of amides is 1. The molecule has 2 aromatic carbocycles. The number of hydrogen-bond acceptors (Lipinski definition) is 3. The molecule has 1 heterocycles. The predicted molar refractivity (Wildman–Crippen MR) is 99.9 cm³/mol. The molecule has 7 heteroatoms. The first-order valence-electron chi connectivity index (χ1n) is 7.84. The van der Waals surface area contributed by atoms with Gasteiger partial charge in [-0.2, -0.15) is 10.4 Å². The van der Waals surface area contributed by atoms with Gasteiger partial charge in [-0.25, -0.2) is 4.39 Å². The van der Waals surface area contributed by atoms with E-state index in [0.717, 1.165) is 10.0 Å². The minimum absolute atomic E-state index is 0.290. The number of halogens is 2. The van der Waals surface area contributed by atoms with Crippen molar-refractivity contribution in [2.24, 2.45) is 0 Å². The highest BCUT2D eigenvalue weighted by Crippen LogP contribution is 2.26. The molecule has 0 aliphatic carbocycles. The third-order valence-corrected chi connectivity index (χ3v) is 4.15. The van der Waals surface area contributed by atoms with Gasteiger partial charge in [-0.15, -0.1) is 0 Å². The van der Waals surface area contributed by atoms with Gasteiger partial charge in [0.2, 0.25) is 0 Å². The fraction of sp³-hybridized carbons (Fsp3) is 0.105. The maximum Gasteiger partial charge on any atom is 0.259 e. The lowest BCUT2D eigenvalue weighted by molar-refractivity contribution is 0.102. The summed E-state index contributed by atoms with van der Waals surface area (Å²) in [5.74, 6) is -0.725. The lowest BCUT2D eigenvalue weighted by Crippen LogP contribution is -2.12. The Morgan fingerprint density at radius 2 is 2.04 bits per heavy atom. The number of aromatic nitrogens is 2. The normalized spacial score (nSPS) is 10.3. The summed E-state index contributed by atoms with van der Waals surface area (Å²) < 4.78 is 15.5. The van der Waals surface area contributed by atoms with Crippen LogP contribution in [-0.2, 0) is 6.54 Å². The van der Waals surface area contributed by atoms with Crippen LogP contribution in [0.2, 0.25) is 0 Å². The van der Waals surface area contributed by atoms with E-state index in [9.17, 15) is 9.18 Å². The van der Waals surface area contributed by atoms with Gasteiger partial charge >= 0.3 is 0 Å². The maximum atomic E-state index is 13.0. The Morgan fingerprint density at radius 3 is 2.73 bits per heavy atom. The number of carbonyl (C=O) groups is 1. The number of hydrogen-bond donors (Lipinski definition) is 1. The summed E-state index contributed by atoms with van der Waals surface area (Å²) in [4.78, 5) is 12.7. The molecule has 0 atom stereocenters. The van der Waals surface area contributed by atoms with Crippen LogP contribution in [0.5, 0.6) is 0 Å². The number of nitrogens with one attached hydrogen (secondary N) is 1. The van der Waals surface area contributed by atoms with Crippen LogP contribution in [0.1, 0.15) is 16.8 Å². The van der Waals surface area contributed by atoms with Crippen LogP contribution in [0.25, 0.3) is 11.3 Å². The molecular formula is C19H14BrFN4O. The third-order valence-electron chi connectivity index (χ3n) is 3.66. The zero-order chi connectivity index (χ0) is 18.5. The van der Waals surface area contributed by atoms with Crippen LogP contribution in [0.3, 0.4) is 0 Å². The number of aryl methyl sites for hydroxylation is 1. The number of carbonyl (C=O) groups excluding carboxylic acids is 1. The molecule has 0 saturated carbocycles. The van der Waals surface area contributed by atoms with E-state index < -0.39 is 0 Å². The molecule has 26 heavy (non-hydrogen) atoms. The molecule has 1 amide bonds. The quantitative estimate of drug-likeness (QED) is 0.664. The molecule has 3 rings (SSSR count). The van der Waals surface area contributed by atoms with Crippen molar-refractivity contribution in [1.29, 1.82) is 5.26 Å². The first-order chi connectivity index (χ1) is 12.6. The van der Waals surface area contributed by atoms with Crippen molar-refractivity contribution in [1.82, 2.24) is 9.78 Å². The predicted octanol–water partition coefficient (Wildman–Crippen LogP) is 4.62. The van der Waals surface area contributed by atoms with Crippen LogP contribution >= 0.6 is 15.9 Å². The number of rotatable bonds is 5. The molecule has 0 bridgehead atoms. The molecule has 130 valence electrons. The lowest BCUT2D eigenvalue weighted by Gasteiger charge is -2.06. The van der Waals surface area contributed by atoms with E-state index >= 15 is 0 Å². The van der Waals surface area contributed by atoms with Crippen molar-refractivity contribution in [3.63, 3.8) is 0 Å². The molecule has 3 aromatic rings. The smallest absolute Gasteiger partial charge is 0.259 e. The Hall–Kier alpha value is -2.98. The van der Waals surface area contributed by atoms with Gasteiger partial charge in [-0.1, -0.05) is 28.1 Å². The average molecular weight is 413 g/mol. The van der Waals surface area contributed by atoms with Crippen molar-refractivity contribution in [3.8, 4) is 17.3 Å². The van der Waals surface area contributed by atoms with E-state index in [2.05, 4.69) is 32.4 Å². The fourth-order valence-electron chi connectivity index (χ4n) is 2.45. The minimum atomic E-state index is -0.373. The van der Waals surface area contributed by atoms with Gasteiger partial charge in [0.05, 0.1) is 24.6 Å². The van der Waals surface area contributed by atoms with E-state index in [1.165, 1.54) is 24.3 Å². The highest BCUT2D eigenvalue weighted by Gasteiger charge is 2.18. The van der Waals surface area contributed by atoms with Crippen LogP contribution in [0, 0.1) is 17.1 Å². The lowest BCUT2D eigenvalue weighted by atomic mass is 10.1. The summed E-state index contributed by atoms with van der Waals surface area (Å²) in [6.07, 6.45) is 1.91. The van der Waals surface area contributed by atoms with Crippen molar-refractivity contribution in [3.05, 3.63) is 70.6 Å². The number of anilines is 1. The second-order valence-corrected chi connectivity index (χ2v) is 6.45. The second-order valence-electron chi connectivity index (χ2n) is 5.53. The standard InChI is InChI=1S/C19H14BrFN4O/c20-14-4-1-3-13(11-14)18-17(12-25(24-18)10-2-9-22)19(26)23-16-7-5-15(21)6-8-16/h1,3-8,11-12H,2,10H2,(H,23,26). The largest absolute Gasteiger partial charge is 0.322 e. The van der Waals surface area contributed by atoms with Gasteiger partial charge in [0.15, 0.2) is 0 Å². The Kier molecular flexibility index (Phi) is 5.44. The van der Waals surface area contributed by atoms with Crippen LogP contribution < -0.4 is 5.32 Å². The molecule has 0 radical (unpaired) electrons. The molecule has 0 fully saturated rings. The van der Waals surface area contributed by atoms with Gasteiger partial charge in [-0.05, 0) is 36.4 Å². The molecule has 0 saturated heterocycles. The van der Waals surface area contributed by atoms with Crippen LogP contribution in [0.4, 0.5) is 10.1 Å². The van der Waals surface area contributed by atoms with Gasteiger partial charge < -0.3 is 5.32 Å². The molecule has 1 N–H and O–H groups in total. The molecule has 0 aliphatic heterocycles. The molecule has 0 unspecified atom stereocenters. The van der Waals surface area contributed by atoms with E-state index in [1.54, 1.807) is 10.9 Å². The number of nitriles is 1. The Labute approximate surface area is 158 Å². The molecule has 0 spiro atoms. The topological polar surface area (TPSA) is 70.7 Å². The Balaban J connectivity index is 1.95. The van der Waals surface area contributed by atoms with Crippen molar-refractivity contribution < 1.29 is 9.18 Å². The molecular weight excluding hydrogens is 399 g/mol. The zero-order valence-electron chi connectivity index (χ0n) is 13.6. The van der Waals surface area contributed by atoms with Gasteiger partial charge in [0, 0.05) is 21.9 Å².